The number of hydrogen-bond donors (Lipinski definition) is 2. The third kappa shape index (κ3) is 5.12. The molecule has 0 heterocycles. The lowest BCUT2D eigenvalue weighted by Crippen LogP contribution is -2.37. The molecule has 0 aliphatic carbocycles. The molecule has 0 aliphatic rings. The molecule has 21 heavy (non-hydrogen) atoms. The van der Waals surface area contributed by atoms with E-state index in [1.54, 1.807) is 6.07 Å². The highest BCUT2D eigenvalue weighted by atomic mass is 19.1. The maximum absolute atomic E-state index is 13.4. The molecule has 118 valence electrons. The Kier molecular flexibility index (Phi) is 6.82. The maximum Gasteiger partial charge on any atom is 0.123 e. The molecule has 3 N–H and O–H groups in total. The zero-order chi connectivity index (χ0) is 16.0. The van der Waals surface area contributed by atoms with Gasteiger partial charge in [-0.2, -0.15) is 0 Å². The summed E-state index contributed by atoms with van der Waals surface area (Å²) in [6.45, 7) is 10.5. The number of nitrogens with two attached hydrogens (primary N) is 1. The van der Waals surface area contributed by atoms with Crippen molar-refractivity contribution in [1.29, 1.82) is 5.41 Å². The molecule has 0 spiro atoms. The highest BCUT2D eigenvalue weighted by molar-refractivity contribution is 5.96. The van der Waals surface area contributed by atoms with Gasteiger partial charge in [0, 0.05) is 24.7 Å². The van der Waals surface area contributed by atoms with Crippen molar-refractivity contribution in [3.63, 3.8) is 0 Å². The molecule has 0 aliphatic heterocycles. The van der Waals surface area contributed by atoms with Crippen molar-refractivity contribution >= 4 is 5.84 Å². The van der Waals surface area contributed by atoms with E-state index in [2.05, 4.69) is 32.6 Å². The molecule has 0 amide bonds. The molecule has 0 saturated heterocycles. The van der Waals surface area contributed by atoms with Gasteiger partial charge in [0.15, 0.2) is 0 Å². The van der Waals surface area contributed by atoms with Crippen LogP contribution < -0.4 is 5.73 Å². The van der Waals surface area contributed by atoms with Gasteiger partial charge in [0.2, 0.25) is 0 Å². The Labute approximate surface area is 127 Å². The Morgan fingerprint density at radius 3 is 2.38 bits per heavy atom. The van der Waals surface area contributed by atoms with Crippen molar-refractivity contribution in [2.45, 2.75) is 53.1 Å². The van der Waals surface area contributed by atoms with E-state index < -0.39 is 0 Å². The van der Waals surface area contributed by atoms with Crippen LogP contribution in [-0.4, -0.2) is 23.3 Å². The fraction of sp³-hybridized carbons (Fsp3) is 0.588. The zero-order valence-electron chi connectivity index (χ0n) is 13.6. The van der Waals surface area contributed by atoms with Crippen LogP contribution in [0.1, 0.15) is 51.7 Å². The molecule has 1 aromatic carbocycles. The first-order valence-corrected chi connectivity index (χ1v) is 7.75. The number of nitrogens with one attached hydrogen (secondary N) is 1. The summed E-state index contributed by atoms with van der Waals surface area (Å²) < 4.78 is 13.4. The van der Waals surface area contributed by atoms with Crippen molar-refractivity contribution in [1.82, 2.24) is 4.90 Å². The first kappa shape index (κ1) is 17.6. The van der Waals surface area contributed by atoms with Crippen molar-refractivity contribution in [3.8, 4) is 0 Å². The van der Waals surface area contributed by atoms with Crippen LogP contribution >= 0.6 is 0 Å². The quantitative estimate of drug-likeness (QED) is 0.566. The lowest BCUT2D eigenvalue weighted by Gasteiger charge is -2.32. The monoisotopic (exact) mass is 293 g/mol. The van der Waals surface area contributed by atoms with E-state index in [-0.39, 0.29) is 11.7 Å². The summed E-state index contributed by atoms with van der Waals surface area (Å²) in [5, 5.41) is 7.65. The fourth-order valence-corrected chi connectivity index (χ4v) is 2.77. The number of nitrogens with zero attached hydrogens (tertiary/aromatic N) is 1. The molecule has 0 unspecified atom stereocenters. The molecule has 0 radical (unpaired) electrons. The number of halogens is 1. The minimum absolute atomic E-state index is 0.0708. The van der Waals surface area contributed by atoms with Gasteiger partial charge in [-0.25, -0.2) is 4.39 Å². The predicted molar refractivity (Wildman–Crippen MR) is 87.0 cm³/mol. The molecule has 0 aromatic heterocycles. The number of hydrogen-bond acceptors (Lipinski definition) is 2. The molecule has 4 heteroatoms. The van der Waals surface area contributed by atoms with Gasteiger partial charge in [-0.15, -0.1) is 0 Å². The second-order valence-corrected chi connectivity index (χ2v) is 6.01. The SMILES string of the molecule is CCC(CC)N(Cc1ccc(F)cc1C(=N)N)CC(C)C. The summed E-state index contributed by atoms with van der Waals surface area (Å²) in [4.78, 5) is 2.42. The van der Waals surface area contributed by atoms with Crippen LogP contribution in [0.4, 0.5) is 4.39 Å². The van der Waals surface area contributed by atoms with Gasteiger partial charge in [-0.1, -0.05) is 33.8 Å². The van der Waals surface area contributed by atoms with Crippen LogP contribution in [0, 0.1) is 17.1 Å². The Morgan fingerprint density at radius 2 is 1.90 bits per heavy atom. The summed E-state index contributed by atoms with van der Waals surface area (Å²) in [5.41, 5.74) is 7.04. The van der Waals surface area contributed by atoms with E-state index >= 15 is 0 Å². The first-order valence-electron chi connectivity index (χ1n) is 7.75. The van der Waals surface area contributed by atoms with Gasteiger partial charge in [-0.05, 0) is 36.5 Å². The van der Waals surface area contributed by atoms with Crippen molar-refractivity contribution in [3.05, 3.63) is 35.1 Å². The van der Waals surface area contributed by atoms with E-state index in [4.69, 9.17) is 11.1 Å². The third-order valence-corrected chi connectivity index (χ3v) is 3.79. The number of rotatable bonds is 8. The maximum atomic E-state index is 13.4. The average Bonchev–Trinajstić information content (AvgIpc) is 2.41. The van der Waals surface area contributed by atoms with Crippen LogP contribution in [0.15, 0.2) is 18.2 Å². The minimum Gasteiger partial charge on any atom is -0.384 e. The van der Waals surface area contributed by atoms with E-state index in [0.29, 0.717) is 24.1 Å². The van der Waals surface area contributed by atoms with Gasteiger partial charge < -0.3 is 5.73 Å². The highest BCUT2D eigenvalue weighted by Gasteiger charge is 2.18. The summed E-state index contributed by atoms with van der Waals surface area (Å²) in [7, 11) is 0. The van der Waals surface area contributed by atoms with Gasteiger partial charge in [-0.3, -0.25) is 10.3 Å². The van der Waals surface area contributed by atoms with Gasteiger partial charge in [0.25, 0.3) is 0 Å². The summed E-state index contributed by atoms with van der Waals surface area (Å²) in [5.74, 6) is 0.146. The molecule has 0 saturated carbocycles. The van der Waals surface area contributed by atoms with Gasteiger partial charge in [0.05, 0.1) is 0 Å². The van der Waals surface area contributed by atoms with E-state index in [1.807, 2.05) is 0 Å². The molecular formula is C17H28FN3. The normalized spacial score (nSPS) is 11.6. The van der Waals surface area contributed by atoms with Crippen LogP contribution in [0.25, 0.3) is 0 Å². The van der Waals surface area contributed by atoms with Crippen molar-refractivity contribution in [2.75, 3.05) is 6.54 Å². The Morgan fingerprint density at radius 1 is 1.29 bits per heavy atom. The highest BCUT2D eigenvalue weighted by Crippen LogP contribution is 2.19. The van der Waals surface area contributed by atoms with Crippen LogP contribution in [0.5, 0.6) is 0 Å². The van der Waals surface area contributed by atoms with E-state index in [9.17, 15) is 4.39 Å². The molecule has 0 fully saturated rings. The van der Waals surface area contributed by atoms with Crippen LogP contribution in [-0.2, 0) is 6.54 Å². The minimum atomic E-state index is -0.345. The Balaban J connectivity index is 3.05. The second kappa shape index (κ2) is 8.13. The van der Waals surface area contributed by atoms with Gasteiger partial charge in [0.1, 0.15) is 11.7 Å². The zero-order valence-corrected chi connectivity index (χ0v) is 13.6. The summed E-state index contributed by atoms with van der Waals surface area (Å²) >= 11 is 0. The molecular weight excluding hydrogens is 265 g/mol. The number of benzene rings is 1. The summed E-state index contributed by atoms with van der Waals surface area (Å²) in [6.07, 6.45) is 2.17. The largest absolute Gasteiger partial charge is 0.384 e. The van der Waals surface area contributed by atoms with Crippen molar-refractivity contribution in [2.24, 2.45) is 11.7 Å². The van der Waals surface area contributed by atoms with Crippen molar-refractivity contribution < 1.29 is 4.39 Å². The first-order chi connectivity index (χ1) is 9.88. The molecule has 1 rings (SSSR count). The Hall–Kier alpha value is -1.42. The standard InChI is InChI=1S/C17H28FN3/c1-5-15(6-2)21(10-12(3)4)11-13-7-8-14(18)9-16(13)17(19)20/h7-9,12,15H,5-6,10-11H2,1-4H3,(H3,19,20). The van der Waals surface area contributed by atoms with Gasteiger partial charge >= 0.3 is 0 Å². The number of amidine groups is 1. The van der Waals surface area contributed by atoms with E-state index in [1.165, 1.54) is 12.1 Å². The Bertz CT molecular complexity index is 467. The molecule has 0 atom stereocenters. The predicted octanol–water partition coefficient (Wildman–Crippen LogP) is 3.76. The molecule has 3 nitrogen and oxygen atoms in total. The second-order valence-electron chi connectivity index (χ2n) is 6.01. The molecule has 1 aromatic rings. The summed E-state index contributed by atoms with van der Waals surface area (Å²) in [6, 6.07) is 5.06. The lowest BCUT2D eigenvalue weighted by atomic mass is 10.0. The third-order valence-electron chi connectivity index (χ3n) is 3.79. The fourth-order valence-electron chi connectivity index (χ4n) is 2.77. The molecule has 0 bridgehead atoms. The number of nitrogen functional groups attached to an aromatic ring is 1. The van der Waals surface area contributed by atoms with Crippen LogP contribution in [0.3, 0.4) is 0 Å². The lowest BCUT2D eigenvalue weighted by molar-refractivity contribution is 0.157. The smallest absolute Gasteiger partial charge is 0.123 e. The topological polar surface area (TPSA) is 53.1 Å². The van der Waals surface area contributed by atoms with Crippen LogP contribution in [0.2, 0.25) is 0 Å². The average molecular weight is 293 g/mol. The van der Waals surface area contributed by atoms with E-state index in [0.717, 1.165) is 24.9 Å².